The number of hydrogen-bond donors (Lipinski definition) is 2. The SMILES string of the molecule is CC(C)(C)OC(=O)NC1=N[C@](C)(c2sc(C(=O)O)cc2Cl)CS(=O)(=O)C12CCC2. The fourth-order valence-electron chi connectivity index (χ4n) is 3.58. The first kappa shape index (κ1) is 22.0. The van der Waals surface area contributed by atoms with E-state index in [-0.39, 0.29) is 21.5 Å². The minimum absolute atomic E-state index is 0.00981. The number of aliphatic imine (C=N–C) groups is 1. The van der Waals surface area contributed by atoms with Gasteiger partial charge in [-0.3, -0.25) is 10.3 Å². The molecule has 11 heteroatoms. The number of sulfone groups is 1. The summed E-state index contributed by atoms with van der Waals surface area (Å²) in [5.41, 5.74) is -2.08. The highest BCUT2D eigenvalue weighted by Gasteiger charge is 2.59. The zero-order valence-corrected chi connectivity index (χ0v) is 18.9. The first-order valence-corrected chi connectivity index (χ1v) is 11.9. The molecule has 0 radical (unpaired) electrons. The highest BCUT2D eigenvalue weighted by molar-refractivity contribution is 7.93. The second-order valence-corrected chi connectivity index (χ2v) is 12.3. The molecule has 1 amide bonds. The van der Waals surface area contributed by atoms with E-state index in [1.165, 1.54) is 6.07 Å². The van der Waals surface area contributed by atoms with Crippen LogP contribution < -0.4 is 5.32 Å². The first-order valence-electron chi connectivity index (χ1n) is 9.05. The van der Waals surface area contributed by atoms with E-state index in [0.29, 0.717) is 24.1 Å². The van der Waals surface area contributed by atoms with Crippen LogP contribution in [-0.4, -0.2) is 47.5 Å². The van der Waals surface area contributed by atoms with Crippen molar-refractivity contribution in [1.82, 2.24) is 5.32 Å². The van der Waals surface area contributed by atoms with Crippen molar-refractivity contribution in [3.8, 4) is 0 Å². The molecule has 1 aliphatic carbocycles. The molecule has 0 bridgehead atoms. The molecule has 1 atom stereocenters. The third-order valence-electron chi connectivity index (χ3n) is 5.02. The molecule has 1 aromatic heterocycles. The Morgan fingerprint density at radius 1 is 1.34 bits per heavy atom. The van der Waals surface area contributed by atoms with Gasteiger partial charge in [-0.05, 0) is 53.0 Å². The van der Waals surface area contributed by atoms with Gasteiger partial charge in [-0.2, -0.15) is 0 Å². The minimum Gasteiger partial charge on any atom is -0.477 e. The topological polar surface area (TPSA) is 122 Å². The predicted octanol–water partition coefficient (Wildman–Crippen LogP) is 3.59. The fourth-order valence-corrected chi connectivity index (χ4v) is 7.67. The van der Waals surface area contributed by atoms with Gasteiger partial charge in [0.05, 0.1) is 15.7 Å². The van der Waals surface area contributed by atoms with Crippen LogP contribution in [0.3, 0.4) is 0 Å². The number of alkyl carbamates (subject to hydrolysis) is 1. The fraction of sp³-hybridized carbons (Fsp3) is 0.611. The number of halogens is 1. The van der Waals surface area contributed by atoms with Crippen LogP contribution in [0.1, 0.15) is 61.5 Å². The molecule has 2 heterocycles. The summed E-state index contributed by atoms with van der Waals surface area (Å²) in [6.45, 7) is 6.69. The Kier molecular flexibility index (Phi) is 5.29. The van der Waals surface area contributed by atoms with Crippen molar-refractivity contribution in [2.45, 2.75) is 62.8 Å². The largest absolute Gasteiger partial charge is 0.477 e. The maximum Gasteiger partial charge on any atom is 0.413 e. The minimum atomic E-state index is -3.71. The molecule has 160 valence electrons. The summed E-state index contributed by atoms with van der Waals surface area (Å²) >= 11 is 7.12. The molecule has 3 rings (SSSR count). The number of carbonyl (C=O) groups is 2. The van der Waals surface area contributed by atoms with Crippen molar-refractivity contribution in [2.24, 2.45) is 4.99 Å². The van der Waals surface area contributed by atoms with Crippen molar-refractivity contribution in [3.63, 3.8) is 0 Å². The summed E-state index contributed by atoms with van der Waals surface area (Å²) in [6, 6.07) is 1.28. The van der Waals surface area contributed by atoms with E-state index in [0.717, 1.165) is 11.3 Å². The molecule has 8 nitrogen and oxygen atoms in total. The van der Waals surface area contributed by atoms with E-state index in [2.05, 4.69) is 10.3 Å². The molecule has 1 spiro atoms. The Balaban J connectivity index is 2.09. The van der Waals surface area contributed by atoms with Crippen molar-refractivity contribution < 1.29 is 27.9 Å². The number of carboxylic acids is 1. The molecule has 2 N–H and O–H groups in total. The van der Waals surface area contributed by atoms with Crippen LogP contribution in [0.2, 0.25) is 5.02 Å². The standard InChI is InChI=1S/C18H23ClN2O6S2/c1-16(2,3)27-15(24)20-14-18(6-5-7-18)29(25,26)9-17(4,21-14)12-10(19)8-11(28-12)13(22)23/h8H,5-7,9H2,1-4H3,(H,22,23)(H,20,21,24)/t17-/m0/s1. The Morgan fingerprint density at radius 3 is 2.41 bits per heavy atom. The van der Waals surface area contributed by atoms with Gasteiger partial charge in [0.1, 0.15) is 26.6 Å². The Morgan fingerprint density at radius 2 is 1.97 bits per heavy atom. The molecular weight excluding hydrogens is 440 g/mol. The molecular formula is C18H23ClN2O6S2. The van der Waals surface area contributed by atoms with Crippen LogP contribution in [-0.2, 0) is 20.1 Å². The number of carbonyl (C=O) groups excluding carboxylic acids is 1. The van der Waals surface area contributed by atoms with Crippen LogP contribution in [0.5, 0.6) is 0 Å². The van der Waals surface area contributed by atoms with Crippen LogP contribution in [0.15, 0.2) is 11.1 Å². The lowest BCUT2D eigenvalue weighted by Crippen LogP contribution is -2.63. The number of amides is 1. The summed E-state index contributed by atoms with van der Waals surface area (Å²) in [6.07, 6.45) is 0.635. The number of amidine groups is 1. The number of rotatable bonds is 2. The summed E-state index contributed by atoms with van der Waals surface area (Å²) in [4.78, 5) is 28.6. The lowest BCUT2D eigenvalue weighted by Gasteiger charge is -2.47. The number of nitrogens with one attached hydrogen (secondary N) is 1. The van der Waals surface area contributed by atoms with E-state index >= 15 is 0 Å². The first-order chi connectivity index (χ1) is 13.2. The van der Waals surface area contributed by atoms with Crippen molar-refractivity contribution in [1.29, 1.82) is 0 Å². The van der Waals surface area contributed by atoms with Gasteiger partial charge < -0.3 is 9.84 Å². The lowest BCUT2D eigenvalue weighted by atomic mass is 9.82. The normalized spacial score (nSPS) is 25.1. The zero-order valence-electron chi connectivity index (χ0n) is 16.5. The molecule has 1 saturated carbocycles. The number of thiophene rings is 1. The monoisotopic (exact) mass is 462 g/mol. The summed E-state index contributed by atoms with van der Waals surface area (Å²) in [7, 11) is -3.71. The number of ether oxygens (including phenoxy) is 1. The van der Waals surface area contributed by atoms with Gasteiger partial charge in [-0.25, -0.2) is 18.0 Å². The molecule has 0 unspecified atom stereocenters. The molecule has 1 aromatic rings. The molecule has 1 fully saturated rings. The van der Waals surface area contributed by atoms with Gasteiger partial charge in [0, 0.05) is 0 Å². The second kappa shape index (κ2) is 6.95. The van der Waals surface area contributed by atoms with Crippen LogP contribution in [0.25, 0.3) is 0 Å². The van der Waals surface area contributed by atoms with Crippen LogP contribution in [0.4, 0.5) is 4.79 Å². The Hall–Kier alpha value is -1.65. The van der Waals surface area contributed by atoms with Gasteiger partial charge in [0.25, 0.3) is 0 Å². The third kappa shape index (κ3) is 3.89. The third-order valence-corrected chi connectivity index (χ3v) is 9.54. The van der Waals surface area contributed by atoms with Gasteiger partial charge >= 0.3 is 12.1 Å². The van der Waals surface area contributed by atoms with Crippen LogP contribution >= 0.6 is 22.9 Å². The average Bonchev–Trinajstić information content (AvgIpc) is 2.84. The molecule has 2 aliphatic rings. The van der Waals surface area contributed by atoms with Gasteiger partial charge in [0.15, 0.2) is 9.84 Å². The highest BCUT2D eigenvalue weighted by atomic mass is 35.5. The summed E-state index contributed by atoms with van der Waals surface area (Å²) in [5, 5.41) is 11.9. The van der Waals surface area contributed by atoms with Crippen LogP contribution in [0, 0.1) is 0 Å². The average molecular weight is 463 g/mol. The zero-order chi connectivity index (χ0) is 21.8. The van der Waals surface area contributed by atoms with E-state index < -0.39 is 37.8 Å². The predicted molar refractivity (Wildman–Crippen MR) is 111 cm³/mol. The van der Waals surface area contributed by atoms with Crippen molar-refractivity contribution in [2.75, 3.05) is 5.75 Å². The number of hydrogen-bond acceptors (Lipinski definition) is 7. The molecule has 0 saturated heterocycles. The maximum absolute atomic E-state index is 13.3. The Bertz CT molecular complexity index is 1000. The Labute approximate surface area is 178 Å². The molecule has 1 aliphatic heterocycles. The smallest absolute Gasteiger partial charge is 0.413 e. The number of aromatic carboxylic acids is 1. The summed E-state index contributed by atoms with van der Waals surface area (Å²) < 4.78 is 30.6. The number of carboxylic acid groups (broad SMARTS) is 1. The van der Waals surface area contributed by atoms with Gasteiger partial charge in [-0.15, -0.1) is 11.3 Å². The van der Waals surface area contributed by atoms with Crippen molar-refractivity contribution >= 4 is 50.7 Å². The number of nitrogens with zero attached hydrogens (tertiary/aromatic N) is 1. The molecule has 29 heavy (non-hydrogen) atoms. The highest BCUT2D eigenvalue weighted by Crippen LogP contribution is 2.49. The quantitative estimate of drug-likeness (QED) is 0.692. The summed E-state index contributed by atoms with van der Waals surface area (Å²) in [5.74, 6) is -1.44. The van der Waals surface area contributed by atoms with Crippen molar-refractivity contribution in [3.05, 3.63) is 20.8 Å². The van der Waals surface area contributed by atoms with E-state index in [4.69, 9.17) is 16.3 Å². The molecule has 0 aromatic carbocycles. The second-order valence-electron chi connectivity index (χ2n) is 8.56. The van der Waals surface area contributed by atoms with E-state index in [1.54, 1.807) is 27.7 Å². The maximum atomic E-state index is 13.3. The van der Waals surface area contributed by atoms with Gasteiger partial charge in [0.2, 0.25) is 0 Å². The van der Waals surface area contributed by atoms with E-state index in [1.807, 2.05) is 0 Å². The van der Waals surface area contributed by atoms with Gasteiger partial charge in [-0.1, -0.05) is 11.6 Å². The lowest BCUT2D eigenvalue weighted by molar-refractivity contribution is 0.0558. The van der Waals surface area contributed by atoms with E-state index in [9.17, 15) is 23.1 Å².